The van der Waals surface area contributed by atoms with Crippen molar-refractivity contribution >= 4 is 10.9 Å². The first kappa shape index (κ1) is 14.5. The van der Waals surface area contributed by atoms with Crippen LogP contribution in [0.1, 0.15) is 25.3 Å². The minimum atomic E-state index is 0.631. The summed E-state index contributed by atoms with van der Waals surface area (Å²) in [7, 11) is 2.07. The van der Waals surface area contributed by atoms with E-state index in [0.717, 1.165) is 18.0 Å². The Morgan fingerprint density at radius 3 is 2.76 bits per heavy atom. The van der Waals surface area contributed by atoms with Crippen LogP contribution in [0, 0.1) is 5.92 Å². The molecule has 1 fully saturated rings. The number of pyridine rings is 1. The molecule has 0 amide bonds. The highest BCUT2D eigenvalue weighted by molar-refractivity contribution is 5.81. The smallest absolute Gasteiger partial charge is 0.0746 e. The fraction of sp³-hybridized carbons (Fsp3) is 0.500. The monoisotopic (exact) mass is 283 g/mol. The standard InChI is InChI=1S/C18H25N3/c1-14(19-2)15-8-11-21(12-9-15)13-17-6-3-5-16-7-4-10-20-18(16)17/h3-7,10,14-15,19H,8-9,11-13H2,1-2H3. The molecule has 1 unspecified atom stereocenters. The minimum Gasteiger partial charge on any atom is -0.317 e. The average Bonchev–Trinajstić information content (AvgIpc) is 2.55. The van der Waals surface area contributed by atoms with Crippen molar-refractivity contribution in [1.82, 2.24) is 15.2 Å². The number of hydrogen-bond donors (Lipinski definition) is 1. The lowest BCUT2D eigenvalue weighted by Crippen LogP contribution is -2.40. The molecule has 0 radical (unpaired) electrons. The Labute approximate surface area is 127 Å². The molecule has 3 heteroatoms. The summed E-state index contributed by atoms with van der Waals surface area (Å²) >= 11 is 0. The molecule has 2 aromatic rings. The fourth-order valence-electron chi connectivity index (χ4n) is 3.38. The first-order valence-electron chi connectivity index (χ1n) is 8.00. The van der Waals surface area contributed by atoms with E-state index in [1.54, 1.807) is 0 Å². The van der Waals surface area contributed by atoms with Gasteiger partial charge in [-0.05, 0) is 57.5 Å². The zero-order valence-electron chi connectivity index (χ0n) is 13.0. The van der Waals surface area contributed by atoms with Crippen molar-refractivity contribution in [2.45, 2.75) is 32.4 Å². The van der Waals surface area contributed by atoms with Gasteiger partial charge in [0.1, 0.15) is 0 Å². The van der Waals surface area contributed by atoms with Gasteiger partial charge in [-0.2, -0.15) is 0 Å². The molecule has 3 rings (SSSR count). The molecule has 112 valence electrons. The highest BCUT2D eigenvalue weighted by atomic mass is 15.1. The van der Waals surface area contributed by atoms with Gasteiger partial charge < -0.3 is 5.32 Å². The van der Waals surface area contributed by atoms with E-state index in [-0.39, 0.29) is 0 Å². The summed E-state index contributed by atoms with van der Waals surface area (Å²) < 4.78 is 0. The number of aromatic nitrogens is 1. The molecule has 0 spiro atoms. The van der Waals surface area contributed by atoms with E-state index in [1.165, 1.54) is 36.9 Å². The molecule has 1 saturated heterocycles. The van der Waals surface area contributed by atoms with Crippen LogP contribution in [-0.4, -0.2) is 36.1 Å². The van der Waals surface area contributed by atoms with Crippen molar-refractivity contribution in [2.24, 2.45) is 5.92 Å². The molecule has 1 aromatic heterocycles. The van der Waals surface area contributed by atoms with Gasteiger partial charge in [0.05, 0.1) is 5.52 Å². The Morgan fingerprint density at radius 1 is 1.24 bits per heavy atom. The number of benzene rings is 1. The number of likely N-dealkylation sites (tertiary alicyclic amines) is 1. The summed E-state index contributed by atoms with van der Waals surface area (Å²) in [5.41, 5.74) is 2.51. The normalized spacial score (nSPS) is 19.0. The molecule has 0 bridgehead atoms. The van der Waals surface area contributed by atoms with Gasteiger partial charge in [0.2, 0.25) is 0 Å². The molecular formula is C18H25N3. The lowest BCUT2D eigenvalue weighted by atomic mass is 9.90. The van der Waals surface area contributed by atoms with E-state index in [2.05, 4.69) is 53.4 Å². The SMILES string of the molecule is CNC(C)C1CCN(Cc2cccc3cccnc23)CC1. The summed E-state index contributed by atoms with van der Waals surface area (Å²) in [5.74, 6) is 0.817. The molecule has 21 heavy (non-hydrogen) atoms. The summed E-state index contributed by atoms with van der Waals surface area (Å²) in [5, 5.41) is 4.64. The van der Waals surface area contributed by atoms with Crippen LogP contribution in [0.25, 0.3) is 10.9 Å². The molecular weight excluding hydrogens is 258 g/mol. The Hall–Kier alpha value is -1.45. The van der Waals surface area contributed by atoms with Crippen molar-refractivity contribution in [3.8, 4) is 0 Å². The highest BCUT2D eigenvalue weighted by Crippen LogP contribution is 2.23. The van der Waals surface area contributed by atoms with Crippen LogP contribution in [-0.2, 0) is 6.54 Å². The number of piperidine rings is 1. The van der Waals surface area contributed by atoms with Crippen molar-refractivity contribution in [3.05, 3.63) is 42.1 Å². The number of rotatable bonds is 4. The minimum absolute atomic E-state index is 0.631. The predicted octanol–water partition coefficient (Wildman–Crippen LogP) is 3.05. The summed E-state index contributed by atoms with van der Waals surface area (Å²) in [4.78, 5) is 7.14. The van der Waals surface area contributed by atoms with E-state index >= 15 is 0 Å². The van der Waals surface area contributed by atoms with Gasteiger partial charge in [-0.1, -0.05) is 24.3 Å². The van der Waals surface area contributed by atoms with E-state index in [1.807, 2.05) is 12.3 Å². The van der Waals surface area contributed by atoms with Crippen molar-refractivity contribution < 1.29 is 0 Å². The molecule has 0 aliphatic carbocycles. The van der Waals surface area contributed by atoms with Crippen LogP contribution in [0.3, 0.4) is 0 Å². The fourth-order valence-corrected chi connectivity index (χ4v) is 3.38. The lowest BCUT2D eigenvalue weighted by Gasteiger charge is -2.34. The van der Waals surface area contributed by atoms with Crippen LogP contribution in [0.15, 0.2) is 36.5 Å². The van der Waals surface area contributed by atoms with Crippen LogP contribution in [0.4, 0.5) is 0 Å². The Morgan fingerprint density at radius 2 is 2.00 bits per heavy atom. The molecule has 0 saturated carbocycles. The first-order chi connectivity index (χ1) is 10.3. The quantitative estimate of drug-likeness (QED) is 0.935. The molecule has 1 aliphatic heterocycles. The zero-order valence-corrected chi connectivity index (χ0v) is 13.0. The molecule has 1 atom stereocenters. The average molecular weight is 283 g/mol. The number of fused-ring (bicyclic) bond motifs is 1. The van der Waals surface area contributed by atoms with Gasteiger partial charge in [-0.25, -0.2) is 0 Å². The van der Waals surface area contributed by atoms with Gasteiger partial charge >= 0.3 is 0 Å². The van der Waals surface area contributed by atoms with Gasteiger partial charge in [-0.3, -0.25) is 9.88 Å². The van der Waals surface area contributed by atoms with Gasteiger partial charge in [0.15, 0.2) is 0 Å². The maximum atomic E-state index is 4.57. The Kier molecular flexibility index (Phi) is 4.51. The predicted molar refractivity (Wildman–Crippen MR) is 88.3 cm³/mol. The Balaban J connectivity index is 1.67. The van der Waals surface area contributed by atoms with Crippen LogP contribution >= 0.6 is 0 Å². The van der Waals surface area contributed by atoms with Crippen molar-refractivity contribution in [1.29, 1.82) is 0 Å². The largest absolute Gasteiger partial charge is 0.317 e. The third-order valence-corrected chi connectivity index (χ3v) is 4.90. The summed E-state index contributed by atoms with van der Waals surface area (Å²) in [6, 6.07) is 11.3. The molecule has 1 N–H and O–H groups in total. The molecule has 1 aliphatic rings. The zero-order chi connectivity index (χ0) is 14.7. The highest BCUT2D eigenvalue weighted by Gasteiger charge is 2.23. The molecule has 1 aromatic carbocycles. The van der Waals surface area contributed by atoms with E-state index in [0.29, 0.717) is 6.04 Å². The summed E-state index contributed by atoms with van der Waals surface area (Å²) in [6.45, 7) is 5.71. The van der Waals surface area contributed by atoms with Gasteiger partial charge in [0, 0.05) is 24.2 Å². The number of nitrogens with zero attached hydrogens (tertiary/aromatic N) is 2. The first-order valence-corrected chi connectivity index (χ1v) is 8.00. The van der Waals surface area contributed by atoms with E-state index < -0.39 is 0 Å². The van der Waals surface area contributed by atoms with Crippen LogP contribution < -0.4 is 5.32 Å². The molecule has 3 nitrogen and oxygen atoms in total. The lowest BCUT2D eigenvalue weighted by molar-refractivity contribution is 0.159. The second-order valence-electron chi connectivity index (χ2n) is 6.18. The number of hydrogen-bond acceptors (Lipinski definition) is 3. The summed E-state index contributed by atoms with van der Waals surface area (Å²) in [6.07, 6.45) is 4.48. The van der Waals surface area contributed by atoms with Crippen LogP contribution in [0.2, 0.25) is 0 Å². The van der Waals surface area contributed by atoms with Gasteiger partial charge in [-0.15, -0.1) is 0 Å². The number of para-hydroxylation sites is 1. The van der Waals surface area contributed by atoms with Crippen LogP contribution in [0.5, 0.6) is 0 Å². The van der Waals surface area contributed by atoms with Crippen molar-refractivity contribution in [3.63, 3.8) is 0 Å². The second kappa shape index (κ2) is 6.54. The third-order valence-electron chi connectivity index (χ3n) is 4.90. The second-order valence-corrected chi connectivity index (χ2v) is 6.18. The third kappa shape index (κ3) is 3.25. The maximum Gasteiger partial charge on any atom is 0.0746 e. The number of nitrogens with one attached hydrogen (secondary N) is 1. The van der Waals surface area contributed by atoms with Gasteiger partial charge in [0.25, 0.3) is 0 Å². The van der Waals surface area contributed by atoms with E-state index in [4.69, 9.17) is 0 Å². The maximum absolute atomic E-state index is 4.57. The molecule has 2 heterocycles. The topological polar surface area (TPSA) is 28.2 Å². The van der Waals surface area contributed by atoms with Crippen molar-refractivity contribution in [2.75, 3.05) is 20.1 Å². The van der Waals surface area contributed by atoms with E-state index in [9.17, 15) is 0 Å². The Bertz CT molecular complexity index is 583.